The van der Waals surface area contributed by atoms with E-state index in [1.54, 1.807) is 6.08 Å². The van der Waals surface area contributed by atoms with Gasteiger partial charge in [-0.3, -0.25) is 9.79 Å². The Labute approximate surface area is 111 Å². The Morgan fingerprint density at radius 2 is 2.06 bits per heavy atom. The van der Waals surface area contributed by atoms with E-state index in [0.717, 1.165) is 19.3 Å². The van der Waals surface area contributed by atoms with Crippen molar-refractivity contribution in [2.45, 2.75) is 65.3 Å². The van der Waals surface area contributed by atoms with Gasteiger partial charge >= 0.3 is 0 Å². The molecule has 1 aliphatic carbocycles. The quantitative estimate of drug-likeness (QED) is 0.589. The first-order valence-electron chi connectivity index (χ1n) is 7.18. The van der Waals surface area contributed by atoms with Gasteiger partial charge < -0.3 is 5.32 Å². The molecule has 1 fully saturated rings. The maximum Gasteiger partial charge on any atom is 0.269 e. The topological polar surface area (TPSA) is 41.5 Å². The lowest BCUT2D eigenvalue weighted by Gasteiger charge is -2.22. The van der Waals surface area contributed by atoms with Crippen molar-refractivity contribution in [2.24, 2.45) is 10.9 Å². The first kappa shape index (κ1) is 14.9. The molecule has 18 heavy (non-hydrogen) atoms. The van der Waals surface area contributed by atoms with Crippen LogP contribution in [0.1, 0.15) is 59.3 Å². The molecule has 0 spiro atoms. The molecule has 0 heterocycles. The lowest BCUT2D eigenvalue weighted by molar-refractivity contribution is -0.118. The molecule has 0 aromatic rings. The first-order chi connectivity index (χ1) is 8.67. The number of allylic oxidation sites excluding steroid dienone is 1. The molecule has 1 atom stereocenters. The number of nitrogens with zero attached hydrogens (tertiary/aromatic N) is 1. The minimum Gasteiger partial charge on any atom is -0.348 e. The Morgan fingerprint density at radius 1 is 1.39 bits per heavy atom. The molecule has 1 amide bonds. The Hall–Kier alpha value is -1.12. The molecule has 3 nitrogen and oxygen atoms in total. The number of carbonyl (C=O) groups excluding carboxylic acids is 1. The van der Waals surface area contributed by atoms with Gasteiger partial charge in [-0.15, -0.1) is 0 Å². The van der Waals surface area contributed by atoms with E-state index in [1.165, 1.54) is 19.3 Å². The molecule has 0 aliphatic heterocycles. The first-order valence-corrected chi connectivity index (χ1v) is 7.18. The molecular formula is C15H26N2O. The van der Waals surface area contributed by atoms with Crippen LogP contribution in [0.25, 0.3) is 0 Å². The predicted octanol–water partition coefficient (Wildman–Crippen LogP) is 3.46. The summed E-state index contributed by atoms with van der Waals surface area (Å²) in [4.78, 5) is 16.4. The summed E-state index contributed by atoms with van der Waals surface area (Å²) in [7, 11) is 0. The second kappa shape index (κ2) is 8.06. The fourth-order valence-electron chi connectivity index (χ4n) is 2.08. The van der Waals surface area contributed by atoms with Crippen molar-refractivity contribution >= 4 is 12.1 Å². The lowest BCUT2D eigenvalue weighted by Crippen LogP contribution is -2.36. The van der Waals surface area contributed by atoms with Crippen LogP contribution in [0.4, 0.5) is 0 Å². The molecule has 1 saturated carbocycles. The summed E-state index contributed by atoms with van der Waals surface area (Å²) in [5.74, 6) is 0.395. The third-order valence-electron chi connectivity index (χ3n) is 3.56. The zero-order valence-electron chi connectivity index (χ0n) is 11.9. The molecule has 0 bridgehead atoms. The van der Waals surface area contributed by atoms with Gasteiger partial charge in [0.2, 0.25) is 0 Å². The number of nitrogens with one attached hydrogen (secondary N) is 1. The summed E-state index contributed by atoms with van der Waals surface area (Å²) in [6.45, 7) is 6.09. The number of amides is 1. The Balaban J connectivity index is 2.49. The third-order valence-corrected chi connectivity index (χ3v) is 3.56. The van der Waals surface area contributed by atoms with Gasteiger partial charge in [0, 0.05) is 12.3 Å². The zero-order chi connectivity index (χ0) is 13.4. The minimum atomic E-state index is -0.0241. The Bertz CT molecular complexity index is 314. The molecule has 1 N–H and O–H groups in total. The van der Waals surface area contributed by atoms with E-state index in [-0.39, 0.29) is 5.91 Å². The maximum atomic E-state index is 12.1. The van der Waals surface area contributed by atoms with E-state index in [0.29, 0.717) is 17.7 Å². The Kier molecular flexibility index (Phi) is 6.69. The van der Waals surface area contributed by atoms with Crippen LogP contribution in [-0.4, -0.2) is 18.2 Å². The average molecular weight is 250 g/mol. The van der Waals surface area contributed by atoms with Crippen LogP contribution in [0.3, 0.4) is 0 Å². The van der Waals surface area contributed by atoms with Crippen LogP contribution >= 0.6 is 0 Å². The summed E-state index contributed by atoms with van der Waals surface area (Å²) in [6.07, 6.45) is 10.7. The molecular weight excluding hydrogens is 224 g/mol. The van der Waals surface area contributed by atoms with Crippen molar-refractivity contribution in [3.63, 3.8) is 0 Å². The highest BCUT2D eigenvalue weighted by Crippen LogP contribution is 2.17. The van der Waals surface area contributed by atoms with E-state index < -0.39 is 0 Å². The second-order valence-electron chi connectivity index (χ2n) is 5.15. The monoisotopic (exact) mass is 250 g/mol. The van der Waals surface area contributed by atoms with Gasteiger partial charge in [-0.1, -0.05) is 39.2 Å². The van der Waals surface area contributed by atoms with Gasteiger partial charge in [0.15, 0.2) is 0 Å². The van der Waals surface area contributed by atoms with Gasteiger partial charge in [-0.25, -0.2) is 0 Å². The predicted molar refractivity (Wildman–Crippen MR) is 76.7 cm³/mol. The molecule has 0 aromatic heterocycles. The normalized spacial score (nSPS) is 20.1. The Morgan fingerprint density at radius 3 is 2.61 bits per heavy atom. The van der Waals surface area contributed by atoms with Crippen molar-refractivity contribution in [3.8, 4) is 0 Å². The summed E-state index contributed by atoms with van der Waals surface area (Å²) in [5.41, 5.74) is 0.542. The number of carbonyl (C=O) groups is 1. The summed E-state index contributed by atoms with van der Waals surface area (Å²) < 4.78 is 0. The van der Waals surface area contributed by atoms with Crippen molar-refractivity contribution in [3.05, 3.63) is 11.8 Å². The minimum absolute atomic E-state index is 0.0241. The molecule has 0 aromatic carbocycles. The van der Waals surface area contributed by atoms with Gasteiger partial charge in [0.1, 0.15) is 5.70 Å². The van der Waals surface area contributed by atoms with E-state index in [9.17, 15) is 4.79 Å². The lowest BCUT2D eigenvalue weighted by atomic mass is 9.95. The fourth-order valence-corrected chi connectivity index (χ4v) is 2.08. The van der Waals surface area contributed by atoms with Crippen LogP contribution in [0.2, 0.25) is 0 Å². The highest BCUT2D eigenvalue weighted by molar-refractivity contribution is 5.94. The largest absolute Gasteiger partial charge is 0.348 e. The molecule has 1 rings (SSSR count). The smallest absolute Gasteiger partial charge is 0.269 e. The number of hydrogen-bond acceptors (Lipinski definition) is 2. The standard InChI is InChI=1S/C15H26N2O/c1-4-12(3)11-16-14(5-2)15(18)17-13-9-7-6-8-10-13/h5,11-13H,4,6-10H2,1-3H3,(H,17,18)/b14-5-,16-11-. The van der Waals surface area contributed by atoms with Gasteiger partial charge in [0.05, 0.1) is 0 Å². The number of hydrogen-bond donors (Lipinski definition) is 1. The molecule has 1 unspecified atom stereocenters. The molecule has 0 saturated heterocycles. The van der Waals surface area contributed by atoms with E-state index in [2.05, 4.69) is 24.2 Å². The summed E-state index contributed by atoms with van der Waals surface area (Å²) in [6, 6.07) is 0.347. The van der Waals surface area contributed by atoms with E-state index in [4.69, 9.17) is 0 Å². The highest BCUT2D eigenvalue weighted by atomic mass is 16.2. The fraction of sp³-hybridized carbons (Fsp3) is 0.733. The van der Waals surface area contributed by atoms with Crippen molar-refractivity contribution in [1.29, 1.82) is 0 Å². The van der Waals surface area contributed by atoms with Crippen LogP contribution in [0, 0.1) is 5.92 Å². The van der Waals surface area contributed by atoms with E-state index >= 15 is 0 Å². The van der Waals surface area contributed by atoms with Gasteiger partial charge in [-0.2, -0.15) is 0 Å². The highest BCUT2D eigenvalue weighted by Gasteiger charge is 2.17. The molecule has 3 heteroatoms. The van der Waals surface area contributed by atoms with Crippen molar-refractivity contribution in [1.82, 2.24) is 5.32 Å². The number of rotatable bonds is 5. The average Bonchev–Trinajstić information content (AvgIpc) is 2.40. The van der Waals surface area contributed by atoms with Crippen molar-refractivity contribution in [2.75, 3.05) is 0 Å². The van der Waals surface area contributed by atoms with Gasteiger partial charge in [0.25, 0.3) is 5.91 Å². The van der Waals surface area contributed by atoms with Crippen LogP contribution in [0.5, 0.6) is 0 Å². The molecule has 1 aliphatic rings. The van der Waals surface area contributed by atoms with Crippen LogP contribution in [0.15, 0.2) is 16.8 Å². The van der Waals surface area contributed by atoms with Crippen LogP contribution < -0.4 is 5.32 Å². The summed E-state index contributed by atoms with van der Waals surface area (Å²) in [5, 5.41) is 3.09. The second-order valence-corrected chi connectivity index (χ2v) is 5.15. The summed E-state index contributed by atoms with van der Waals surface area (Å²) >= 11 is 0. The van der Waals surface area contributed by atoms with Crippen molar-refractivity contribution < 1.29 is 4.79 Å². The molecule has 102 valence electrons. The van der Waals surface area contributed by atoms with Crippen LogP contribution in [-0.2, 0) is 4.79 Å². The maximum absolute atomic E-state index is 12.1. The SMILES string of the molecule is C/C=C(\N=C/C(C)CC)C(=O)NC1CCCCC1. The molecule has 0 radical (unpaired) electrons. The van der Waals surface area contributed by atoms with Gasteiger partial charge in [-0.05, 0) is 32.1 Å². The number of aliphatic imine (C=N–C) groups is 1. The third kappa shape index (κ3) is 5.03. The zero-order valence-corrected chi connectivity index (χ0v) is 11.9. The van der Waals surface area contributed by atoms with E-state index in [1.807, 2.05) is 13.1 Å².